The number of carboxylic acid groups (broad SMARTS) is 1. The first-order chi connectivity index (χ1) is 7.10. The molecule has 2 atom stereocenters. The molecule has 0 heterocycles. The Morgan fingerprint density at radius 2 is 2.07 bits per heavy atom. The van der Waals surface area contributed by atoms with E-state index >= 15 is 0 Å². The molecule has 0 aromatic heterocycles. The normalized spacial score (nSPS) is 28.7. The van der Waals surface area contributed by atoms with Gasteiger partial charge in [0.1, 0.15) is 5.75 Å². The van der Waals surface area contributed by atoms with E-state index in [9.17, 15) is 4.79 Å². The van der Waals surface area contributed by atoms with Crippen LogP contribution >= 0.6 is 0 Å². The van der Waals surface area contributed by atoms with E-state index in [4.69, 9.17) is 15.9 Å². The van der Waals surface area contributed by atoms with Gasteiger partial charge in [-0.05, 0) is 24.1 Å². The van der Waals surface area contributed by atoms with Crippen molar-refractivity contribution in [1.82, 2.24) is 0 Å². The van der Waals surface area contributed by atoms with Gasteiger partial charge in [0.15, 0.2) is 0 Å². The Morgan fingerprint density at radius 1 is 1.47 bits per heavy atom. The number of carbonyl (C=O) groups is 1. The van der Waals surface area contributed by atoms with Crippen LogP contribution in [-0.4, -0.2) is 22.7 Å². The number of benzene rings is 1. The summed E-state index contributed by atoms with van der Waals surface area (Å²) in [5.41, 5.74) is 5.65. The molecule has 4 N–H and O–H groups in total. The van der Waals surface area contributed by atoms with Crippen LogP contribution in [-0.2, 0) is 4.79 Å². The maximum absolute atomic E-state index is 11.0. The van der Waals surface area contributed by atoms with E-state index in [1.54, 1.807) is 24.3 Å². The van der Waals surface area contributed by atoms with Crippen molar-refractivity contribution in [2.75, 3.05) is 6.54 Å². The minimum Gasteiger partial charge on any atom is -0.508 e. The minimum absolute atomic E-state index is 0.0133. The molecule has 0 radical (unpaired) electrons. The fraction of sp³-hybridized carbons (Fsp3) is 0.364. The van der Waals surface area contributed by atoms with Gasteiger partial charge < -0.3 is 15.9 Å². The van der Waals surface area contributed by atoms with Crippen LogP contribution in [0.5, 0.6) is 5.75 Å². The van der Waals surface area contributed by atoms with E-state index in [2.05, 4.69) is 0 Å². The van der Waals surface area contributed by atoms with Crippen molar-refractivity contribution in [2.24, 2.45) is 11.1 Å². The maximum atomic E-state index is 11.0. The van der Waals surface area contributed by atoms with Gasteiger partial charge in [-0.15, -0.1) is 0 Å². The highest BCUT2D eigenvalue weighted by Crippen LogP contribution is 2.58. The summed E-state index contributed by atoms with van der Waals surface area (Å²) in [5, 5.41) is 18.2. The molecule has 1 aliphatic rings. The van der Waals surface area contributed by atoms with Gasteiger partial charge in [0, 0.05) is 12.5 Å². The van der Waals surface area contributed by atoms with Crippen LogP contribution in [0.15, 0.2) is 24.3 Å². The molecule has 15 heavy (non-hydrogen) atoms. The first-order valence-corrected chi connectivity index (χ1v) is 4.82. The van der Waals surface area contributed by atoms with Gasteiger partial charge >= 0.3 is 5.97 Å². The molecular weight excluding hydrogens is 194 g/mol. The molecule has 1 aromatic rings. The summed E-state index contributed by atoms with van der Waals surface area (Å²) in [6.07, 6.45) is 0.587. The molecule has 80 valence electrons. The molecular formula is C11H13NO3. The third-order valence-corrected chi connectivity index (χ3v) is 3.16. The summed E-state index contributed by atoms with van der Waals surface area (Å²) < 4.78 is 0. The van der Waals surface area contributed by atoms with Crippen molar-refractivity contribution in [3.8, 4) is 5.75 Å². The van der Waals surface area contributed by atoms with Gasteiger partial charge in [0.05, 0.1) is 5.41 Å². The van der Waals surface area contributed by atoms with Gasteiger partial charge in [0.2, 0.25) is 0 Å². The fourth-order valence-electron chi connectivity index (χ4n) is 2.00. The average molecular weight is 207 g/mol. The van der Waals surface area contributed by atoms with Crippen molar-refractivity contribution in [2.45, 2.75) is 12.3 Å². The average Bonchev–Trinajstić information content (AvgIpc) is 2.95. The molecule has 4 nitrogen and oxygen atoms in total. The van der Waals surface area contributed by atoms with Crippen molar-refractivity contribution in [3.05, 3.63) is 29.8 Å². The fourth-order valence-corrected chi connectivity index (χ4v) is 2.00. The topological polar surface area (TPSA) is 83.6 Å². The van der Waals surface area contributed by atoms with E-state index in [0.717, 1.165) is 5.56 Å². The number of hydrogen-bond donors (Lipinski definition) is 3. The number of carboxylic acids is 1. The highest BCUT2D eigenvalue weighted by Gasteiger charge is 2.59. The van der Waals surface area contributed by atoms with Crippen molar-refractivity contribution >= 4 is 5.97 Å². The predicted molar refractivity (Wildman–Crippen MR) is 54.6 cm³/mol. The highest BCUT2D eigenvalue weighted by molar-refractivity contribution is 5.81. The van der Waals surface area contributed by atoms with Crippen LogP contribution in [0.4, 0.5) is 0 Å². The van der Waals surface area contributed by atoms with Gasteiger partial charge in [-0.25, -0.2) is 0 Å². The number of nitrogens with two attached hydrogens (primary N) is 1. The number of phenols is 1. The Morgan fingerprint density at radius 3 is 2.47 bits per heavy atom. The second-order valence-electron chi connectivity index (χ2n) is 4.01. The van der Waals surface area contributed by atoms with Gasteiger partial charge in [-0.2, -0.15) is 0 Å². The molecule has 1 aliphatic carbocycles. The summed E-state index contributed by atoms with van der Waals surface area (Å²) in [5.74, 6) is -0.656. The maximum Gasteiger partial charge on any atom is 0.311 e. The summed E-state index contributed by atoms with van der Waals surface area (Å²) in [6, 6.07) is 6.63. The lowest BCUT2D eigenvalue weighted by Gasteiger charge is -2.08. The molecule has 1 aromatic carbocycles. The van der Waals surface area contributed by atoms with Crippen molar-refractivity contribution in [3.63, 3.8) is 0 Å². The lowest BCUT2D eigenvalue weighted by atomic mass is 9.99. The second-order valence-corrected chi connectivity index (χ2v) is 4.01. The number of aliphatic carboxylic acids is 1. The molecule has 0 amide bonds. The SMILES string of the molecule is NCC1(C(=O)O)CC1c1ccc(O)cc1. The first kappa shape index (κ1) is 9.98. The second kappa shape index (κ2) is 3.24. The van der Waals surface area contributed by atoms with Crippen molar-refractivity contribution < 1.29 is 15.0 Å². The van der Waals surface area contributed by atoms with E-state index in [1.165, 1.54) is 0 Å². The van der Waals surface area contributed by atoms with E-state index < -0.39 is 11.4 Å². The van der Waals surface area contributed by atoms with E-state index in [1.807, 2.05) is 0 Å². The van der Waals surface area contributed by atoms with E-state index in [-0.39, 0.29) is 18.2 Å². The van der Waals surface area contributed by atoms with Crippen LogP contribution in [0, 0.1) is 5.41 Å². The van der Waals surface area contributed by atoms with E-state index in [0.29, 0.717) is 6.42 Å². The summed E-state index contributed by atoms with van der Waals surface area (Å²) >= 11 is 0. The number of hydrogen-bond acceptors (Lipinski definition) is 3. The Hall–Kier alpha value is -1.55. The Labute approximate surface area is 87.3 Å². The molecule has 0 aliphatic heterocycles. The Bertz CT molecular complexity index is 387. The quantitative estimate of drug-likeness (QED) is 0.687. The Kier molecular flexibility index (Phi) is 2.16. The van der Waals surface area contributed by atoms with Crippen LogP contribution in [0.3, 0.4) is 0 Å². The zero-order chi connectivity index (χ0) is 11.1. The molecule has 1 saturated carbocycles. The van der Waals surface area contributed by atoms with Crippen LogP contribution in [0.25, 0.3) is 0 Å². The highest BCUT2D eigenvalue weighted by atomic mass is 16.4. The minimum atomic E-state index is -0.830. The van der Waals surface area contributed by atoms with Gasteiger partial charge in [-0.1, -0.05) is 12.1 Å². The summed E-state index contributed by atoms with van der Waals surface area (Å²) in [6.45, 7) is 0.161. The smallest absolute Gasteiger partial charge is 0.311 e. The van der Waals surface area contributed by atoms with Gasteiger partial charge in [0.25, 0.3) is 0 Å². The van der Waals surface area contributed by atoms with Crippen molar-refractivity contribution in [1.29, 1.82) is 0 Å². The number of phenolic OH excluding ortho intramolecular Hbond substituents is 1. The largest absolute Gasteiger partial charge is 0.508 e. The molecule has 0 spiro atoms. The Balaban J connectivity index is 2.22. The third-order valence-electron chi connectivity index (χ3n) is 3.16. The lowest BCUT2D eigenvalue weighted by molar-refractivity contribution is -0.143. The molecule has 2 rings (SSSR count). The third kappa shape index (κ3) is 1.47. The summed E-state index contributed by atoms with van der Waals surface area (Å²) in [4.78, 5) is 11.0. The number of aromatic hydroxyl groups is 1. The van der Waals surface area contributed by atoms with Crippen LogP contribution in [0.2, 0.25) is 0 Å². The molecule has 0 saturated heterocycles. The number of rotatable bonds is 3. The predicted octanol–water partition coefficient (Wildman–Crippen LogP) is 0.909. The lowest BCUT2D eigenvalue weighted by Crippen LogP contribution is -2.26. The molecule has 2 unspecified atom stereocenters. The zero-order valence-electron chi connectivity index (χ0n) is 8.18. The first-order valence-electron chi connectivity index (χ1n) is 4.82. The van der Waals surface area contributed by atoms with Crippen LogP contribution < -0.4 is 5.73 Å². The standard InChI is InChI=1S/C11H13NO3/c12-6-11(10(14)15)5-9(11)7-1-3-8(13)4-2-7/h1-4,9,13H,5-6,12H2,(H,14,15). The van der Waals surface area contributed by atoms with Gasteiger partial charge in [-0.3, -0.25) is 4.79 Å². The monoisotopic (exact) mass is 207 g/mol. The zero-order valence-corrected chi connectivity index (χ0v) is 8.18. The molecule has 4 heteroatoms. The summed E-state index contributed by atoms with van der Waals surface area (Å²) in [7, 11) is 0. The van der Waals surface area contributed by atoms with Crippen LogP contribution in [0.1, 0.15) is 17.9 Å². The molecule has 0 bridgehead atoms. The molecule has 1 fully saturated rings.